The monoisotopic (exact) mass is 245 g/mol. The molecule has 0 aromatic carbocycles. The normalized spacial score (nSPS) is 22.1. The van der Waals surface area contributed by atoms with E-state index in [1.807, 2.05) is 6.92 Å². The van der Waals surface area contributed by atoms with Gasteiger partial charge in [-0.15, -0.1) is 0 Å². The highest BCUT2D eigenvalue weighted by Gasteiger charge is 2.34. The Morgan fingerprint density at radius 1 is 1.47 bits per heavy atom. The minimum atomic E-state index is -1.42. The van der Waals surface area contributed by atoms with E-state index in [-0.39, 0.29) is 0 Å². The molecule has 1 saturated heterocycles. The van der Waals surface area contributed by atoms with E-state index < -0.39 is 11.6 Å². The second kappa shape index (κ2) is 6.33. The highest BCUT2D eigenvalue weighted by atomic mass is 16.5. The van der Waals surface area contributed by atoms with Crippen molar-refractivity contribution in [3.63, 3.8) is 0 Å². The van der Waals surface area contributed by atoms with Crippen molar-refractivity contribution >= 4 is 5.97 Å². The Balaban J connectivity index is 2.37. The van der Waals surface area contributed by atoms with E-state index in [1.165, 1.54) is 14.0 Å². The number of methoxy groups -OCH3 is 1. The first-order valence-electron chi connectivity index (χ1n) is 6.14. The number of hydrogen-bond donors (Lipinski definition) is 1. The molecule has 5 nitrogen and oxygen atoms in total. The molecule has 1 heterocycles. The Morgan fingerprint density at radius 2 is 2.06 bits per heavy atom. The van der Waals surface area contributed by atoms with Gasteiger partial charge in [-0.1, -0.05) is 0 Å². The van der Waals surface area contributed by atoms with Crippen LogP contribution in [0.3, 0.4) is 0 Å². The van der Waals surface area contributed by atoms with E-state index in [2.05, 4.69) is 9.64 Å². The fourth-order valence-electron chi connectivity index (χ4n) is 2.19. The van der Waals surface area contributed by atoms with Crippen LogP contribution in [0.1, 0.15) is 26.7 Å². The summed E-state index contributed by atoms with van der Waals surface area (Å²) in [6.45, 7) is 6.24. The van der Waals surface area contributed by atoms with Crippen molar-refractivity contribution in [2.45, 2.75) is 38.4 Å². The van der Waals surface area contributed by atoms with Gasteiger partial charge in [0.15, 0.2) is 5.60 Å². The summed E-state index contributed by atoms with van der Waals surface area (Å²) in [4.78, 5) is 13.4. The van der Waals surface area contributed by atoms with Crippen LogP contribution in [-0.2, 0) is 14.3 Å². The van der Waals surface area contributed by atoms with Gasteiger partial charge in [-0.3, -0.25) is 4.90 Å². The summed E-state index contributed by atoms with van der Waals surface area (Å²) in [5.74, 6) is -0.579. The summed E-state index contributed by atoms with van der Waals surface area (Å²) < 4.78 is 10.1. The van der Waals surface area contributed by atoms with Gasteiger partial charge in [-0.05, 0) is 26.7 Å². The summed E-state index contributed by atoms with van der Waals surface area (Å²) in [5.41, 5.74) is -1.42. The molecule has 5 heteroatoms. The van der Waals surface area contributed by atoms with Crippen LogP contribution >= 0.6 is 0 Å². The molecule has 100 valence electrons. The van der Waals surface area contributed by atoms with Gasteiger partial charge in [0.1, 0.15) is 0 Å². The third kappa shape index (κ3) is 4.26. The summed E-state index contributed by atoms with van der Waals surface area (Å²) in [6.07, 6.45) is 2.22. The summed E-state index contributed by atoms with van der Waals surface area (Å²) >= 11 is 0. The lowest BCUT2D eigenvalue weighted by atomic mass is 10.0. The number of likely N-dealkylation sites (tertiary alicyclic amines) is 1. The Morgan fingerprint density at radius 3 is 2.53 bits per heavy atom. The number of aliphatic hydroxyl groups is 1. The van der Waals surface area contributed by atoms with Crippen molar-refractivity contribution in [1.29, 1.82) is 0 Å². The van der Waals surface area contributed by atoms with E-state index in [0.29, 0.717) is 12.6 Å². The highest BCUT2D eigenvalue weighted by molar-refractivity contribution is 5.78. The predicted octanol–water partition coefficient (Wildman–Crippen LogP) is 0.411. The van der Waals surface area contributed by atoms with Crippen LogP contribution in [0.5, 0.6) is 0 Å². The van der Waals surface area contributed by atoms with Crippen molar-refractivity contribution in [2.24, 2.45) is 0 Å². The van der Waals surface area contributed by atoms with Crippen LogP contribution in [0.2, 0.25) is 0 Å². The molecule has 0 aromatic heterocycles. The number of β-amino-alcohol motifs (C(OH)–C–C–N with tert-alkyl or cyclic N) is 1. The SMILES string of the molecule is CCOC1CCN(CC(C)(O)C(=O)OC)CC1. The maximum atomic E-state index is 11.4. The predicted molar refractivity (Wildman–Crippen MR) is 63.7 cm³/mol. The fourth-order valence-corrected chi connectivity index (χ4v) is 2.19. The van der Waals surface area contributed by atoms with Crippen LogP contribution < -0.4 is 0 Å². The number of ether oxygens (including phenoxy) is 2. The lowest BCUT2D eigenvalue weighted by Gasteiger charge is -2.35. The molecule has 1 rings (SSSR count). The van der Waals surface area contributed by atoms with Crippen LogP contribution in [0.25, 0.3) is 0 Å². The third-order valence-corrected chi connectivity index (χ3v) is 3.09. The molecule has 17 heavy (non-hydrogen) atoms. The molecule has 1 aliphatic heterocycles. The van der Waals surface area contributed by atoms with Crippen LogP contribution in [-0.4, -0.2) is 61.0 Å². The molecular formula is C12H23NO4. The number of rotatable bonds is 5. The molecule has 0 aromatic rings. The number of piperidine rings is 1. The van der Waals surface area contributed by atoms with Crippen molar-refractivity contribution in [2.75, 3.05) is 33.4 Å². The molecule has 0 bridgehead atoms. The zero-order valence-electron chi connectivity index (χ0n) is 10.9. The van der Waals surface area contributed by atoms with E-state index in [9.17, 15) is 9.90 Å². The number of nitrogens with zero attached hydrogens (tertiary/aromatic N) is 1. The fraction of sp³-hybridized carbons (Fsp3) is 0.917. The highest BCUT2D eigenvalue weighted by Crippen LogP contribution is 2.17. The van der Waals surface area contributed by atoms with Crippen molar-refractivity contribution in [1.82, 2.24) is 4.90 Å². The number of carbonyl (C=O) groups excluding carboxylic acids is 1. The van der Waals surface area contributed by atoms with Crippen molar-refractivity contribution in [3.8, 4) is 0 Å². The maximum absolute atomic E-state index is 11.4. The third-order valence-electron chi connectivity index (χ3n) is 3.09. The Labute approximate surface area is 103 Å². The molecule has 0 aliphatic carbocycles. The van der Waals surface area contributed by atoms with Crippen LogP contribution in [0.15, 0.2) is 0 Å². The van der Waals surface area contributed by atoms with Gasteiger partial charge in [-0.25, -0.2) is 4.79 Å². The lowest BCUT2D eigenvalue weighted by Crippen LogP contribution is -2.50. The standard InChI is InChI=1S/C12H23NO4/c1-4-17-10-5-7-13(8-6-10)9-12(2,15)11(14)16-3/h10,15H,4-9H2,1-3H3. The Hall–Kier alpha value is -0.650. The first-order valence-corrected chi connectivity index (χ1v) is 6.14. The van der Waals surface area contributed by atoms with Gasteiger partial charge in [0, 0.05) is 26.2 Å². The topological polar surface area (TPSA) is 59.0 Å². The number of carbonyl (C=O) groups is 1. The minimum Gasteiger partial charge on any atom is -0.467 e. The average Bonchev–Trinajstić information content (AvgIpc) is 2.30. The Kier molecular flexibility index (Phi) is 5.36. The quantitative estimate of drug-likeness (QED) is 0.711. The Bertz CT molecular complexity index is 247. The zero-order valence-corrected chi connectivity index (χ0v) is 10.9. The van der Waals surface area contributed by atoms with Crippen molar-refractivity contribution in [3.05, 3.63) is 0 Å². The molecule has 0 radical (unpaired) electrons. The van der Waals surface area contributed by atoms with Gasteiger partial charge in [0.25, 0.3) is 0 Å². The lowest BCUT2D eigenvalue weighted by molar-refractivity contribution is -0.162. The number of hydrogen-bond acceptors (Lipinski definition) is 5. The first kappa shape index (κ1) is 14.4. The summed E-state index contributed by atoms with van der Waals surface area (Å²) in [6, 6.07) is 0. The minimum absolute atomic E-state index is 0.318. The number of esters is 1. The largest absolute Gasteiger partial charge is 0.467 e. The van der Waals surface area contributed by atoms with Gasteiger partial charge in [0.2, 0.25) is 0 Å². The van der Waals surface area contributed by atoms with Gasteiger partial charge in [0.05, 0.1) is 13.2 Å². The maximum Gasteiger partial charge on any atom is 0.338 e. The van der Waals surface area contributed by atoms with E-state index >= 15 is 0 Å². The first-order chi connectivity index (χ1) is 7.99. The van der Waals surface area contributed by atoms with E-state index in [0.717, 1.165) is 32.5 Å². The smallest absolute Gasteiger partial charge is 0.338 e. The molecule has 1 atom stereocenters. The molecule has 1 fully saturated rings. The van der Waals surface area contributed by atoms with E-state index in [1.54, 1.807) is 0 Å². The van der Waals surface area contributed by atoms with Crippen LogP contribution in [0, 0.1) is 0 Å². The summed E-state index contributed by atoms with van der Waals surface area (Å²) in [7, 11) is 1.29. The van der Waals surface area contributed by atoms with Crippen molar-refractivity contribution < 1.29 is 19.4 Å². The molecule has 0 saturated carbocycles. The van der Waals surface area contributed by atoms with Gasteiger partial charge < -0.3 is 14.6 Å². The van der Waals surface area contributed by atoms with Gasteiger partial charge >= 0.3 is 5.97 Å². The average molecular weight is 245 g/mol. The second-order valence-electron chi connectivity index (χ2n) is 4.70. The van der Waals surface area contributed by atoms with Crippen LogP contribution in [0.4, 0.5) is 0 Å². The molecular weight excluding hydrogens is 222 g/mol. The molecule has 1 aliphatic rings. The molecule has 1 unspecified atom stereocenters. The second-order valence-corrected chi connectivity index (χ2v) is 4.70. The summed E-state index contributed by atoms with van der Waals surface area (Å²) in [5, 5.41) is 9.96. The zero-order chi connectivity index (χ0) is 12.9. The van der Waals surface area contributed by atoms with E-state index in [4.69, 9.17) is 4.74 Å². The molecule has 1 N–H and O–H groups in total. The van der Waals surface area contributed by atoms with Gasteiger partial charge in [-0.2, -0.15) is 0 Å². The molecule has 0 amide bonds. The molecule has 0 spiro atoms.